The Bertz CT molecular complexity index is 1010. The Labute approximate surface area is 189 Å². The number of anilines is 1. The van der Waals surface area contributed by atoms with E-state index in [0.717, 1.165) is 23.6 Å². The summed E-state index contributed by atoms with van der Waals surface area (Å²) < 4.78 is 66.2. The number of nitrogens with zero attached hydrogens (tertiary/aromatic N) is 3. The van der Waals surface area contributed by atoms with Crippen molar-refractivity contribution in [1.82, 2.24) is 14.6 Å². The van der Waals surface area contributed by atoms with Gasteiger partial charge in [-0.05, 0) is 35.9 Å². The van der Waals surface area contributed by atoms with Gasteiger partial charge in [-0.25, -0.2) is 13.4 Å². The number of hydrogen-bond donors (Lipinski definition) is 1. The number of thiophene rings is 1. The molecule has 1 fully saturated rings. The third kappa shape index (κ3) is 5.78. The highest BCUT2D eigenvalue weighted by atomic mass is 32.2. The minimum Gasteiger partial charge on any atom is -0.355 e. The summed E-state index contributed by atoms with van der Waals surface area (Å²) in [6.45, 7) is 5.18. The van der Waals surface area contributed by atoms with Crippen molar-refractivity contribution in [3.05, 3.63) is 41.4 Å². The lowest BCUT2D eigenvalue weighted by Gasteiger charge is -2.29. The van der Waals surface area contributed by atoms with Gasteiger partial charge in [0.1, 0.15) is 16.1 Å². The van der Waals surface area contributed by atoms with E-state index in [1.807, 2.05) is 4.90 Å². The number of pyridine rings is 1. The normalized spacial score (nSPS) is 16.8. The van der Waals surface area contributed by atoms with Crippen LogP contribution in [0.15, 0.2) is 40.1 Å². The minimum absolute atomic E-state index is 0.145. The van der Waals surface area contributed by atoms with Crippen LogP contribution in [0.4, 0.5) is 19.0 Å². The second kappa shape index (κ2) is 9.75. The second-order valence-corrected chi connectivity index (χ2v) is 10.7. The van der Waals surface area contributed by atoms with Crippen LogP contribution in [-0.4, -0.2) is 56.4 Å². The number of nitrogens with one attached hydrogen (secondary N) is 1. The monoisotopic (exact) mass is 490 g/mol. The summed E-state index contributed by atoms with van der Waals surface area (Å²) in [6, 6.07) is 4.51. The minimum atomic E-state index is -4.45. The summed E-state index contributed by atoms with van der Waals surface area (Å²) in [5.41, 5.74) is -0.814. The zero-order chi connectivity index (χ0) is 23.5. The lowest BCUT2D eigenvalue weighted by Crippen LogP contribution is -2.51. The van der Waals surface area contributed by atoms with Crippen molar-refractivity contribution in [2.75, 3.05) is 31.1 Å². The SMILES string of the molecule is CC(C)[C@@H](NS(=O)(=O)c1cccs1)C(=O)N1CCCN(c2ccc(C(F)(F)F)cn2)CC1. The molecule has 3 heterocycles. The predicted molar refractivity (Wildman–Crippen MR) is 116 cm³/mol. The van der Waals surface area contributed by atoms with Crippen molar-refractivity contribution in [2.24, 2.45) is 5.92 Å². The van der Waals surface area contributed by atoms with Gasteiger partial charge in [0.2, 0.25) is 5.91 Å². The lowest BCUT2D eigenvalue weighted by molar-refractivity contribution is -0.138. The smallest absolute Gasteiger partial charge is 0.355 e. The maximum atomic E-state index is 13.2. The third-order valence-corrected chi connectivity index (χ3v) is 8.02. The van der Waals surface area contributed by atoms with E-state index < -0.39 is 27.8 Å². The molecule has 0 unspecified atom stereocenters. The molecule has 12 heteroatoms. The molecule has 1 amide bonds. The number of carbonyl (C=O) groups is 1. The van der Waals surface area contributed by atoms with Crippen LogP contribution < -0.4 is 9.62 Å². The summed E-state index contributed by atoms with van der Waals surface area (Å²) >= 11 is 1.08. The maximum Gasteiger partial charge on any atom is 0.417 e. The Kier molecular flexibility index (Phi) is 7.46. The van der Waals surface area contributed by atoms with E-state index in [1.54, 1.807) is 30.2 Å². The van der Waals surface area contributed by atoms with Crippen molar-refractivity contribution in [3.8, 4) is 0 Å². The molecule has 0 aromatic carbocycles. The number of halogens is 3. The van der Waals surface area contributed by atoms with Crippen molar-refractivity contribution in [1.29, 1.82) is 0 Å². The van der Waals surface area contributed by atoms with Crippen LogP contribution in [0, 0.1) is 5.92 Å². The maximum absolute atomic E-state index is 13.2. The van der Waals surface area contributed by atoms with Crippen molar-refractivity contribution < 1.29 is 26.4 Å². The molecule has 0 saturated carbocycles. The van der Waals surface area contributed by atoms with Crippen molar-refractivity contribution in [3.63, 3.8) is 0 Å². The summed E-state index contributed by atoms with van der Waals surface area (Å²) in [6.07, 6.45) is -3.07. The van der Waals surface area contributed by atoms with Crippen LogP contribution in [0.3, 0.4) is 0 Å². The topological polar surface area (TPSA) is 82.6 Å². The molecular weight excluding hydrogens is 465 g/mol. The van der Waals surface area contributed by atoms with E-state index in [1.165, 1.54) is 12.1 Å². The molecule has 1 saturated heterocycles. The van der Waals surface area contributed by atoms with E-state index in [4.69, 9.17) is 0 Å². The Hall–Kier alpha value is -2.18. The first-order chi connectivity index (χ1) is 15.0. The molecule has 176 valence electrons. The second-order valence-electron chi connectivity index (χ2n) is 7.84. The standard InChI is InChI=1S/C20H25F3N4O3S2/c1-14(2)18(25-32(29,30)17-5-3-12-31-17)19(28)27-9-4-8-26(10-11-27)16-7-6-15(13-24-16)20(21,22)23/h3,5-7,12-14,18,25H,4,8-11H2,1-2H3/t18-/m1/s1. The molecular formula is C20H25F3N4O3S2. The van der Waals surface area contributed by atoms with Crippen molar-refractivity contribution >= 4 is 33.1 Å². The number of alkyl halides is 3. The van der Waals surface area contributed by atoms with E-state index in [2.05, 4.69) is 9.71 Å². The fraction of sp³-hybridized carbons (Fsp3) is 0.500. The van der Waals surface area contributed by atoms with Crippen molar-refractivity contribution in [2.45, 2.75) is 36.7 Å². The van der Waals surface area contributed by atoms with E-state index >= 15 is 0 Å². The van der Waals surface area contributed by atoms with Crippen LogP contribution in [0.5, 0.6) is 0 Å². The highest BCUT2D eigenvalue weighted by molar-refractivity contribution is 7.91. The highest BCUT2D eigenvalue weighted by Gasteiger charge is 2.33. The first kappa shape index (κ1) is 24.5. The Morgan fingerprint density at radius 3 is 2.47 bits per heavy atom. The van der Waals surface area contributed by atoms with Crippen LogP contribution in [0.2, 0.25) is 0 Å². The van der Waals surface area contributed by atoms with Gasteiger partial charge in [0.25, 0.3) is 10.0 Å². The Balaban J connectivity index is 1.68. The van der Waals surface area contributed by atoms with Crippen LogP contribution >= 0.6 is 11.3 Å². The fourth-order valence-electron chi connectivity index (χ4n) is 3.42. The number of aromatic nitrogens is 1. The zero-order valence-electron chi connectivity index (χ0n) is 17.7. The fourth-order valence-corrected chi connectivity index (χ4v) is 5.76. The van der Waals surface area contributed by atoms with Gasteiger partial charge in [-0.3, -0.25) is 4.79 Å². The number of amides is 1. The van der Waals surface area contributed by atoms with Gasteiger partial charge in [0.05, 0.1) is 5.56 Å². The van der Waals surface area contributed by atoms with E-state index in [9.17, 15) is 26.4 Å². The van der Waals surface area contributed by atoms with Gasteiger partial charge < -0.3 is 9.80 Å². The first-order valence-electron chi connectivity index (χ1n) is 10.1. The number of sulfonamides is 1. The van der Waals surface area contributed by atoms with Crippen LogP contribution in [0.25, 0.3) is 0 Å². The number of rotatable bonds is 6. The van der Waals surface area contributed by atoms with Gasteiger partial charge in [0, 0.05) is 32.4 Å². The highest BCUT2D eigenvalue weighted by Crippen LogP contribution is 2.29. The lowest BCUT2D eigenvalue weighted by atomic mass is 10.0. The molecule has 32 heavy (non-hydrogen) atoms. The molecule has 1 atom stereocenters. The molecule has 3 rings (SSSR count). The largest absolute Gasteiger partial charge is 0.417 e. The predicted octanol–water partition coefficient (Wildman–Crippen LogP) is 3.20. The van der Waals surface area contributed by atoms with Gasteiger partial charge >= 0.3 is 6.18 Å². The van der Waals surface area contributed by atoms with Crippen LogP contribution in [-0.2, 0) is 21.0 Å². The summed E-state index contributed by atoms with van der Waals surface area (Å²) in [7, 11) is -3.82. The average Bonchev–Trinajstić information content (AvgIpc) is 3.17. The molecule has 1 N–H and O–H groups in total. The molecule has 7 nitrogen and oxygen atoms in total. The zero-order valence-corrected chi connectivity index (χ0v) is 19.3. The summed E-state index contributed by atoms with van der Waals surface area (Å²) in [5.74, 6) is -0.179. The van der Waals surface area contributed by atoms with Gasteiger partial charge in [-0.1, -0.05) is 19.9 Å². The third-order valence-electron chi connectivity index (χ3n) is 5.18. The number of carbonyl (C=O) groups excluding carboxylic acids is 1. The van der Waals surface area contributed by atoms with E-state index in [0.29, 0.717) is 38.4 Å². The molecule has 1 aliphatic heterocycles. The number of hydrogen-bond acceptors (Lipinski definition) is 6. The molecule has 0 spiro atoms. The van der Waals surface area contributed by atoms with E-state index in [-0.39, 0.29) is 16.0 Å². The average molecular weight is 491 g/mol. The first-order valence-corrected chi connectivity index (χ1v) is 12.5. The van der Waals surface area contributed by atoms with Gasteiger partial charge in [-0.15, -0.1) is 11.3 Å². The molecule has 2 aromatic heterocycles. The quantitative estimate of drug-likeness (QED) is 0.673. The molecule has 0 bridgehead atoms. The van der Waals surface area contributed by atoms with Crippen LogP contribution in [0.1, 0.15) is 25.8 Å². The molecule has 1 aliphatic rings. The molecule has 0 aliphatic carbocycles. The molecule has 2 aromatic rings. The Morgan fingerprint density at radius 2 is 1.91 bits per heavy atom. The Morgan fingerprint density at radius 1 is 1.16 bits per heavy atom. The molecule has 0 radical (unpaired) electrons. The van der Waals surface area contributed by atoms with Gasteiger partial charge in [0.15, 0.2) is 0 Å². The summed E-state index contributed by atoms with van der Waals surface area (Å²) in [5, 5.41) is 1.65. The summed E-state index contributed by atoms with van der Waals surface area (Å²) in [4.78, 5) is 20.5. The van der Waals surface area contributed by atoms with Gasteiger partial charge in [-0.2, -0.15) is 17.9 Å².